The van der Waals surface area contributed by atoms with E-state index in [4.69, 9.17) is 9.72 Å². The summed E-state index contributed by atoms with van der Waals surface area (Å²) in [4.78, 5) is 21.6. The highest BCUT2D eigenvalue weighted by Crippen LogP contribution is 2.25. The number of nitrogens with zero attached hydrogens (tertiary/aromatic N) is 4. The molecule has 2 heterocycles. The molecule has 8 nitrogen and oxygen atoms in total. The van der Waals surface area contributed by atoms with Crippen molar-refractivity contribution >= 4 is 34.5 Å². The van der Waals surface area contributed by atoms with Crippen LogP contribution < -0.4 is 15.4 Å². The first kappa shape index (κ1) is 24.8. The number of hydrogen-bond donors (Lipinski definition) is 2. The summed E-state index contributed by atoms with van der Waals surface area (Å²) < 4.78 is 7.42. The minimum Gasteiger partial charge on any atom is -0.484 e. The number of aromatic nitrogens is 4. The number of ether oxygens (including phenoxy) is 1. The molecule has 0 spiro atoms. The van der Waals surface area contributed by atoms with E-state index in [2.05, 4.69) is 48.4 Å². The van der Waals surface area contributed by atoms with Crippen molar-refractivity contribution in [2.24, 2.45) is 0 Å². The monoisotopic (exact) mass is 470 g/mol. The van der Waals surface area contributed by atoms with Crippen molar-refractivity contribution in [1.82, 2.24) is 25.1 Å². The van der Waals surface area contributed by atoms with Gasteiger partial charge in [-0.1, -0.05) is 51.6 Å². The van der Waals surface area contributed by atoms with E-state index in [9.17, 15) is 4.79 Å². The van der Waals surface area contributed by atoms with E-state index >= 15 is 0 Å². The average molecular weight is 471 g/mol. The number of benzene rings is 1. The maximum absolute atomic E-state index is 12.2. The van der Waals surface area contributed by atoms with Crippen molar-refractivity contribution < 1.29 is 9.53 Å². The number of rotatable bonds is 13. The number of amides is 1. The number of fused-ring (bicyclic) bond motifs is 1. The lowest BCUT2D eigenvalue weighted by atomic mass is 10.0. The van der Waals surface area contributed by atoms with Gasteiger partial charge in [0.05, 0.1) is 18.1 Å². The minimum absolute atomic E-state index is 0.0219. The Balaban J connectivity index is 1.57. The van der Waals surface area contributed by atoms with E-state index in [1.165, 1.54) is 5.56 Å². The fraction of sp³-hybridized carbons (Fsp3) is 0.500. The third-order valence-corrected chi connectivity index (χ3v) is 6.07. The second kappa shape index (κ2) is 12.4. The van der Waals surface area contributed by atoms with Crippen molar-refractivity contribution in [2.75, 3.05) is 30.8 Å². The highest BCUT2D eigenvalue weighted by Gasteiger charge is 2.13. The molecule has 0 bridgehead atoms. The molecule has 0 radical (unpaired) electrons. The van der Waals surface area contributed by atoms with Crippen LogP contribution in [0.4, 0.5) is 5.82 Å². The first-order valence-corrected chi connectivity index (χ1v) is 12.6. The summed E-state index contributed by atoms with van der Waals surface area (Å²) in [5, 5.41) is 12.4. The molecule has 0 aliphatic heterocycles. The Morgan fingerprint density at radius 1 is 1.12 bits per heavy atom. The Morgan fingerprint density at radius 2 is 1.91 bits per heavy atom. The van der Waals surface area contributed by atoms with Crippen LogP contribution in [0.15, 0.2) is 35.6 Å². The maximum Gasteiger partial charge on any atom is 0.258 e. The Morgan fingerprint density at radius 3 is 2.61 bits per heavy atom. The standard InChI is InChI=1S/C24H34N6O2S/c1-5-11-26-22-20-15-27-30(23(20)29-24(28-22)33-14-6-2)13-12-25-21(31)16-32-19-9-7-18(8-10-19)17(3)4/h7-10,15,17H,5-6,11-14,16H2,1-4H3,(H,25,31)(H,26,28,29). The predicted molar refractivity (Wildman–Crippen MR) is 134 cm³/mol. The summed E-state index contributed by atoms with van der Waals surface area (Å²) >= 11 is 1.64. The highest BCUT2D eigenvalue weighted by atomic mass is 32.2. The fourth-order valence-electron chi connectivity index (χ4n) is 3.19. The molecule has 1 aromatic carbocycles. The van der Waals surface area contributed by atoms with Crippen molar-refractivity contribution in [3.05, 3.63) is 36.0 Å². The molecule has 0 unspecified atom stereocenters. The molecule has 178 valence electrons. The zero-order chi connectivity index (χ0) is 23.6. The van der Waals surface area contributed by atoms with Gasteiger partial charge in [0.2, 0.25) is 0 Å². The number of nitrogens with one attached hydrogen (secondary N) is 2. The molecule has 0 aliphatic rings. The molecule has 0 saturated heterocycles. The van der Waals surface area contributed by atoms with Crippen LogP contribution in [0.3, 0.4) is 0 Å². The first-order chi connectivity index (χ1) is 16.0. The van der Waals surface area contributed by atoms with Crippen LogP contribution in [0.2, 0.25) is 0 Å². The molecule has 3 rings (SSSR count). The van der Waals surface area contributed by atoms with E-state index in [-0.39, 0.29) is 12.5 Å². The van der Waals surface area contributed by atoms with Crippen LogP contribution in [0.25, 0.3) is 11.0 Å². The molecule has 0 fully saturated rings. The van der Waals surface area contributed by atoms with Gasteiger partial charge in [-0.2, -0.15) is 5.10 Å². The van der Waals surface area contributed by atoms with Crippen molar-refractivity contribution in [3.8, 4) is 5.75 Å². The van der Waals surface area contributed by atoms with Crippen LogP contribution in [0, 0.1) is 0 Å². The summed E-state index contributed by atoms with van der Waals surface area (Å²) in [5.74, 6) is 2.76. The number of hydrogen-bond acceptors (Lipinski definition) is 7. The number of carbonyl (C=O) groups is 1. The Kier molecular flexibility index (Phi) is 9.35. The van der Waals surface area contributed by atoms with Gasteiger partial charge in [0.1, 0.15) is 11.6 Å². The van der Waals surface area contributed by atoms with Gasteiger partial charge >= 0.3 is 0 Å². The van der Waals surface area contributed by atoms with E-state index < -0.39 is 0 Å². The van der Waals surface area contributed by atoms with Crippen LogP contribution >= 0.6 is 11.8 Å². The molecule has 9 heteroatoms. The van der Waals surface area contributed by atoms with E-state index in [0.717, 1.165) is 47.1 Å². The largest absolute Gasteiger partial charge is 0.484 e. The average Bonchev–Trinajstić information content (AvgIpc) is 3.23. The second-order valence-corrected chi connectivity index (χ2v) is 9.16. The molecule has 0 aliphatic carbocycles. The third-order valence-electron chi connectivity index (χ3n) is 5.02. The first-order valence-electron chi connectivity index (χ1n) is 11.6. The quantitative estimate of drug-likeness (QED) is 0.281. The number of thioether (sulfide) groups is 1. The molecule has 33 heavy (non-hydrogen) atoms. The van der Waals surface area contributed by atoms with E-state index in [0.29, 0.717) is 24.8 Å². The van der Waals surface area contributed by atoms with Gasteiger partial charge < -0.3 is 15.4 Å². The Bertz CT molecular complexity index is 1040. The van der Waals surface area contributed by atoms with Crippen molar-refractivity contribution in [1.29, 1.82) is 0 Å². The SMILES string of the molecule is CCCNc1nc(SCCC)nc2c1cnn2CCNC(=O)COc1ccc(C(C)C)cc1. The topological polar surface area (TPSA) is 94.0 Å². The molecule has 2 N–H and O–H groups in total. The Hall–Kier alpha value is -2.81. The van der Waals surface area contributed by atoms with Crippen molar-refractivity contribution in [3.63, 3.8) is 0 Å². The van der Waals surface area contributed by atoms with Gasteiger partial charge in [-0.15, -0.1) is 0 Å². The summed E-state index contributed by atoms with van der Waals surface area (Å²) in [6, 6.07) is 7.85. The maximum atomic E-state index is 12.2. The van der Waals surface area contributed by atoms with E-state index in [1.807, 2.05) is 28.9 Å². The molecule has 2 aromatic heterocycles. The summed E-state index contributed by atoms with van der Waals surface area (Å²) in [6.45, 7) is 10.3. The second-order valence-electron chi connectivity index (χ2n) is 8.10. The molecule has 0 atom stereocenters. The smallest absolute Gasteiger partial charge is 0.258 e. The normalized spacial score (nSPS) is 11.2. The van der Waals surface area contributed by atoms with Gasteiger partial charge in [-0.3, -0.25) is 4.79 Å². The van der Waals surface area contributed by atoms with Gasteiger partial charge in [-0.25, -0.2) is 14.6 Å². The lowest BCUT2D eigenvalue weighted by Crippen LogP contribution is -2.31. The summed E-state index contributed by atoms with van der Waals surface area (Å²) in [7, 11) is 0. The van der Waals surface area contributed by atoms with Gasteiger partial charge in [-0.05, 0) is 36.5 Å². The van der Waals surface area contributed by atoms with Crippen LogP contribution in [0.1, 0.15) is 52.0 Å². The lowest BCUT2D eigenvalue weighted by molar-refractivity contribution is -0.123. The Labute approximate surface area is 199 Å². The van der Waals surface area contributed by atoms with Crippen LogP contribution in [-0.2, 0) is 11.3 Å². The predicted octanol–water partition coefficient (Wildman–Crippen LogP) is 4.47. The fourth-order valence-corrected chi connectivity index (χ4v) is 3.88. The zero-order valence-electron chi connectivity index (χ0n) is 19.9. The lowest BCUT2D eigenvalue weighted by Gasteiger charge is -2.10. The summed E-state index contributed by atoms with van der Waals surface area (Å²) in [6.07, 6.45) is 3.85. The van der Waals surface area contributed by atoms with E-state index in [1.54, 1.807) is 18.0 Å². The minimum atomic E-state index is -0.168. The molecule has 0 saturated carbocycles. The third kappa shape index (κ3) is 7.08. The van der Waals surface area contributed by atoms with Gasteiger partial charge in [0.25, 0.3) is 5.91 Å². The number of carbonyl (C=O) groups excluding carboxylic acids is 1. The molecule has 1 amide bonds. The van der Waals surface area contributed by atoms with Crippen LogP contribution in [-0.4, -0.2) is 51.1 Å². The van der Waals surface area contributed by atoms with Gasteiger partial charge in [0, 0.05) is 18.8 Å². The number of anilines is 1. The van der Waals surface area contributed by atoms with Crippen molar-refractivity contribution in [2.45, 2.75) is 58.2 Å². The van der Waals surface area contributed by atoms with Crippen LogP contribution in [0.5, 0.6) is 5.75 Å². The van der Waals surface area contributed by atoms with Gasteiger partial charge in [0.15, 0.2) is 17.4 Å². The zero-order valence-corrected chi connectivity index (χ0v) is 20.7. The summed E-state index contributed by atoms with van der Waals surface area (Å²) in [5.41, 5.74) is 2.02. The highest BCUT2D eigenvalue weighted by molar-refractivity contribution is 7.99. The molecular formula is C24H34N6O2S. The molecule has 3 aromatic rings. The molecular weight excluding hydrogens is 436 g/mol.